The van der Waals surface area contributed by atoms with Crippen LogP contribution in [-0.2, 0) is 6.54 Å². The lowest BCUT2D eigenvalue weighted by Gasteiger charge is -2.31. The van der Waals surface area contributed by atoms with Crippen molar-refractivity contribution >= 4 is 5.69 Å². The van der Waals surface area contributed by atoms with Gasteiger partial charge in [-0.25, -0.2) is 0 Å². The van der Waals surface area contributed by atoms with Crippen LogP contribution in [0.15, 0.2) is 24.3 Å². The fraction of sp³-hybridized carbons (Fsp3) is 0.571. The Morgan fingerprint density at radius 1 is 1.29 bits per heavy atom. The van der Waals surface area contributed by atoms with Gasteiger partial charge in [0.15, 0.2) is 0 Å². The van der Waals surface area contributed by atoms with Gasteiger partial charge in [-0.05, 0) is 44.1 Å². The van der Waals surface area contributed by atoms with Crippen LogP contribution in [0.4, 0.5) is 5.69 Å². The Hall–Kier alpha value is -1.06. The van der Waals surface area contributed by atoms with Gasteiger partial charge in [0.05, 0.1) is 0 Å². The Balaban J connectivity index is 1.78. The molecule has 2 rings (SSSR count). The third kappa shape index (κ3) is 3.45. The maximum Gasteiger partial charge on any atom is 0.0359 e. The molecule has 0 aromatic heterocycles. The van der Waals surface area contributed by atoms with Crippen LogP contribution in [0.1, 0.15) is 25.3 Å². The average molecular weight is 233 g/mol. The lowest BCUT2D eigenvalue weighted by Crippen LogP contribution is -2.42. The first kappa shape index (κ1) is 12.4. The van der Waals surface area contributed by atoms with Crippen molar-refractivity contribution in [3.8, 4) is 0 Å². The first-order valence-corrected chi connectivity index (χ1v) is 6.58. The van der Waals surface area contributed by atoms with E-state index in [0.29, 0.717) is 6.04 Å². The van der Waals surface area contributed by atoms with Gasteiger partial charge in [-0.1, -0.05) is 25.1 Å². The second-order valence-electron chi connectivity index (χ2n) is 4.79. The summed E-state index contributed by atoms with van der Waals surface area (Å²) in [7, 11) is 0. The van der Waals surface area contributed by atoms with E-state index in [1.54, 1.807) is 0 Å². The minimum atomic E-state index is 0.650. The minimum Gasteiger partial charge on any atom is -0.398 e. The van der Waals surface area contributed by atoms with Gasteiger partial charge in [0, 0.05) is 18.3 Å². The van der Waals surface area contributed by atoms with Crippen LogP contribution in [-0.4, -0.2) is 30.6 Å². The maximum absolute atomic E-state index is 5.93. The summed E-state index contributed by atoms with van der Waals surface area (Å²) in [6.45, 7) is 6.75. The predicted molar refractivity (Wildman–Crippen MR) is 72.8 cm³/mol. The molecule has 1 aromatic carbocycles. The van der Waals surface area contributed by atoms with E-state index < -0.39 is 0 Å². The smallest absolute Gasteiger partial charge is 0.0359 e. The molecule has 0 unspecified atom stereocenters. The molecule has 1 aromatic rings. The number of likely N-dealkylation sites (tertiary alicyclic amines) is 1. The highest BCUT2D eigenvalue weighted by atomic mass is 15.1. The molecule has 1 heterocycles. The molecule has 0 spiro atoms. The number of anilines is 1. The fourth-order valence-electron chi connectivity index (χ4n) is 2.40. The normalized spacial score (nSPS) is 18.4. The van der Waals surface area contributed by atoms with Crippen LogP contribution in [0.2, 0.25) is 0 Å². The summed E-state index contributed by atoms with van der Waals surface area (Å²) in [6.07, 6.45) is 2.50. The number of nitrogen functional groups attached to an aromatic ring is 1. The summed E-state index contributed by atoms with van der Waals surface area (Å²) < 4.78 is 0. The highest BCUT2D eigenvalue weighted by molar-refractivity contribution is 5.46. The van der Waals surface area contributed by atoms with Gasteiger partial charge in [-0.15, -0.1) is 0 Å². The van der Waals surface area contributed by atoms with Crippen molar-refractivity contribution in [1.29, 1.82) is 0 Å². The number of piperidine rings is 1. The zero-order chi connectivity index (χ0) is 12.1. The number of para-hydroxylation sites is 1. The number of rotatable bonds is 4. The molecule has 0 aliphatic carbocycles. The van der Waals surface area contributed by atoms with Gasteiger partial charge in [0.2, 0.25) is 0 Å². The van der Waals surface area contributed by atoms with E-state index in [4.69, 9.17) is 5.73 Å². The summed E-state index contributed by atoms with van der Waals surface area (Å²) in [6, 6.07) is 8.75. The molecule has 0 radical (unpaired) electrons. The number of nitrogens with zero attached hydrogens (tertiary/aromatic N) is 1. The Morgan fingerprint density at radius 3 is 2.65 bits per heavy atom. The highest BCUT2D eigenvalue weighted by Gasteiger charge is 2.17. The predicted octanol–water partition coefficient (Wildman–Crippen LogP) is 1.84. The molecular weight excluding hydrogens is 210 g/mol. The van der Waals surface area contributed by atoms with Crippen LogP contribution < -0.4 is 11.1 Å². The highest BCUT2D eigenvalue weighted by Crippen LogP contribution is 2.13. The van der Waals surface area contributed by atoms with Gasteiger partial charge >= 0.3 is 0 Å². The topological polar surface area (TPSA) is 41.3 Å². The average Bonchev–Trinajstić information content (AvgIpc) is 2.38. The van der Waals surface area contributed by atoms with Crippen molar-refractivity contribution in [2.45, 2.75) is 32.4 Å². The third-order valence-electron chi connectivity index (χ3n) is 3.67. The molecule has 0 amide bonds. The van der Waals surface area contributed by atoms with Crippen LogP contribution in [0.25, 0.3) is 0 Å². The number of nitrogens with two attached hydrogens (primary N) is 1. The van der Waals surface area contributed by atoms with E-state index in [0.717, 1.165) is 12.2 Å². The summed E-state index contributed by atoms with van der Waals surface area (Å²) >= 11 is 0. The van der Waals surface area contributed by atoms with Crippen molar-refractivity contribution < 1.29 is 0 Å². The first-order chi connectivity index (χ1) is 8.29. The molecule has 1 aliphatic rings. The molecule has 1 fully saturated rings. The molecule has 0 saturated carbocycles. The Morgan fingerprint density at radius 2 is 2.00 bits per heavy atom. The number of nitrogens with one attached hydrogen (secondary N) is 1. The minimum absolute atomic E-state index is 0.650. The SMILES string of the molecule is CCN1CCC(NCc2ccccc2N)CC1. The molecule has 0 bridgehead atoms. The second kappa shape index (κ2) is 6.03. The number of benzene rings is 1. The monoisotopic (exact) mass is 233 g/mol. The fourth-order valence-corrected chi connectivity index (χ4v) is 2.40. The summed E-state index contributed by atoms with van der Waals surface area (Å²) in [5, 5.41) is 3.62. The van der Waals surface area contributed by atoms with Crippen molar-refractivity contribution in [3.05, 3.63) is 29.8 Å². The maximum atomic E-state index is 5.93. The van der Waals surface area contributed by atoms with Gasteiger partial charge < -0.3 is 16.0 Å². The summed E-state index contributed by atoms with van der Waals surface area (Å²) in [5.41, 5.74) is 8.04. The van der Waals surface area contributed by atoms with E-state index in [2.05, 4.69) is 23.2 Å². The van der Waals surface area contributed by atoms with Crippen molar-refractivity contribution in [1.82, 2.24) is 10.2 Å². The third-order valence-corrected chi connectivity index (χ3v) is 3.67. The molecule has 17 heavy (non-hydrogen) atoms. The first-order valence-electron chi connectivity index (χ1n) is 6.58. The lowest BCUT2D eigenvalue weighted by molar-refractivity contribution is 0.206. The van der Waals surface area contributed by atoms with Gasteiger partial charge in [-0.3, -0.25) is 0 Å². The molecule has 1 aliphatic heterocycles. The van der Waals surface area contributed by atoms with Crippen LogP contribution in [0.5, 0.6) is 0 Å². The summed E-state index contributed by atoms with van der Waals surface area (Å²) in [4.78, 5) is 2.51. The van der Waals surface area contributed by atoms with Gasteiger partial charge in [0.25, 0.3) is 0 Å². The van der Waals surface area contributed by atoms with Crippen LogP contribution in [0.3, 0.4) is 0 Å². The molecule has 94 valence electrons. The molecular formula is C14H23N3. The van der Waals surface area contributed by atoms with Gasteiger partial charge in [0.1, 0.15) is 0 Å². The Bertz CT molecular complexity index is 343. The Kier molecular flexibility index (Phi) is 4.40. The van der Waals surface area contributed by atoms with E-state index >= 15 is 0 Å². The number of hydrogen-bond donors (Lipinski definition) is 2. The van der Waals surface area contributed by atoms with E-state index in [9.17, 15) is 0 Å². The van der Waals surface area contributed by atoms with E-state index in [1.165, 1.54) is 38.0 Å². The quantitative estimate of drug-likeness (QED) is 0.780. The van der Waals surface area contributed by atoms with E-state index in [1.807, 2.05) is 18.2 Å². The molecule has 3 heteroatoms. The standard InChI is InChI=1S/C14H23N3/c1-2-17-9-7-13(8-10-17)16-11-12-5-3-4-6-14(12)15/h3-6,13,16H,2,7-11,15H2,1H3. The van der Waals surface area contributed by atoms with Crippen LogP contribution in [0, 0.1) is 0 Å². The van der Waals surface area contributed by atoms with Crippen molar-refractivity contribution in [2.75, 3.05) is 25.4 Å². The largest absolute Gasteiger partial charge is 0.398 e. The van der Waals surface area contributed by atoms with Crippen LogP contribution >= 0.6 is 0 Å². The zero-order valence-corrected chi connectivity index (χ0v) is 10.7. The molecule has 0 atom stereocenters. The van der Waals surface area contributed by atoms with Gasteiger partial charge in [-0.2, -0.15) is 0 Å². The second-order valence-corrected chi connectivity index (χ2v) is 4.79. The lowest BCUT2D eigenvalue weighted by atomic mass is 10.0. The molecule has 1 saturated heterocycles. The zero-order valence-electron chi connectivity index (χ0n) is 10.7. The van der Waals surface area contributed by atoms with E-state index in [-0.39, 0.29) is 0 Å². The van der Waals surface area contributed by atoms with Crippen molar-refractivity contribution in [2.24, 2.45) is 0 Å². The van der Waals surface area contributed by atoms with Crippen molar-refractivity contribution in [3.63, 3.8) is 0 Å². The summed E-state index contributed by atoms with van der Waals surface area (Å²) in [5.74, 6) is 0. The Labute approximate surface area is 104 Å². The molecule has 3 N–H and O–H groups in total. The molecule has 3 nitrogen and oxygen atoms in total. The number of hydrogen-bond acceptors (Lipinski definition) is 3.